The molecular weight excluding hydrogens is 156 g/mol. The second-order valence-electron chi connectivity index (χ2n) is 2.27. The Morgan fingerprint density at radius 2 is 2.42 bits per heavy atom. The molecule has 66 valence electrons. The number of carbonyl (C=O) groups excluding carboxylic acids is 1. The van der Waals surface area contributed by atoms with Crippen LogP contribution in [0.1, 0.15) is 19.7 Å². The third-order valence-corrected chi connectivity index (χ3v) is 1.50. The minimum Gasteiger partial charge on any atom is -0.449 e. The van der Waals surface area contributed by atoms with Gasteiger partial charge in [-0.15, -0.1) is 0 Å². The summed E-state index contributed by atoms with van der Waals surface area (Å²) in [7, 11) is 0. The fraction of sp³-hybridized carbons (Fsp3) is 0.500. The van der Waals surface area contributed by atoms with Gasteiger partial charge >= 0.3 is 6.09 Å². The number of imidazole rings is 1. The van der Waals surface area contributed by atoms with Crippen molar-refractivity contribution in [2.45, 2.75) is 20.3 Å². The highest BCUT2D eigenvalue weighted by atomic mass is 16.5. The summed E-state index contributed by atoms with van der Waals surface area (Å²) in [6, 6.07) is 0. The number of hydrogen-bond donors (Lipinski definition) is 0. The van der Waals surface area contributed by atoms with Crippen molar-refractivity contribution in [2.24, 2.45) is 0 Å². The van der Waals surface area contributed by atoms with Gasteiger partial charge in [0.25, 0.3) is 0 Å². The zero-order chi connectivity index (χ0) is 8.97. The molecule has 1 heterocycles. The van der Waals surface area contributed by atoms with Crippen LogP contribution in [0.3, 0.4) is 0 Å². The predicted molar refractivity (Wildman–Crippen MR) is 44.0 cm³/mol. The first-order valence-electron chi connectivity index (χ1n) is 3.99. The standard InChI is InChI=1S/C8H12N2O2/c1-3-7-9-5-6-10(7)8(11)12-4-2/h5-6H,3-4H2,1-2H3. The van der Waals surface area contributed by atoms with E-state index in [1.807, 2.05) is 6.92 Å². The van der Waals surface area contributed by atoms with Crippen molar-refractivity contribution in [1.82, 2.24) is 9.55 Å². The first-order chi connectivity index (χ1) is 5.79. The third-order valence-electron chi connectivity index (χ3n) is 1.50. The lowest BCUT2D eigenvalue weighted by molar-refractivity contribution is 0.153. The van der Waals surface area contributed by atoms with Gasteiger partial charge in [-0.3, -0.25) is 0 Å². The minimum atomic E-state index is -0.355. The first-order valence-corrected chi connectivity index (χ1v) is 3.99. The summed E-state index contributed by atoms with van der Waals surface area (Å²) in [5, 5.41) is 0. The van der Waals surface area contributed by atoms with Crippen molar-refractivity contribution in [3.8, 4) is 0 Å². The van der Waals surface area contributed by atoms with Gasteiger partial charge in [0.05, 0.1) is 6.61 Å². The highest BCUT2D eigenvalue weighted by Gasteiger charge is 2.08. The van der Waals surface area contributed by atoms with E-state index in [4.69, 9.17) is 4.74 Å². The first kappa shape index (κ1) is 8.77. The Labute approximate surface area is 71.2 Å². The van der Waals surface area contributed by atoms with Crippen LogP contribution in [-0.2, 0) is 11.2 Å². The van der Waals surface area contributed by atoms with E-state index in [1.54, 1.807) is 19.3 Å². The molecule has 0 saturated heterocycles. The highest BCUT2D eigenvalue weighted by molar-refractivity contribution is 5.70. The van der Waals surface area contributed by atoms with E-state index in [1.165, 1.54) is 4.57 Å². The molecule has 0 radical (unpaired) electrons. The number of hydrogen-bond acceptors (Lipinski definition) is 3. The van der Waals surface area contributed by atoms with Crippen LogP contribution in [-0.4, -0.2) is 22.3 Å². The number of aromatic nitrogens is 2. The maximum atomic E-state index is 11.2. The molecule has 12 heavy (non-hydrogen) atoms. The molecule has 0 unspecified atom stereocenters. The van der Waals surface area contributed by atoms with Gasteiger partial charge in [-0.1, -0.05) is 6.92 Å². The molecule has 1 aromatic heterocycles. The van der Waals surface area contributed by atoms with Crippen LogP contribution in [0.4, 0.5) is 4.79 Å². The maximum Gasteiger partial charge on any atom is 0.419 e. The molecule has 4 nitrogen and oxygen atoms in total. The van der Waals surface area contributed by atoms with Crippen molar-refractivity contribution < 1.29 is 9.53 Å². The second-order valence-corrected chi connectivity index (χ2v) is 2.27. The van der Waals surface area contributed by atoms with E-state index in [0.29, 0.717) is 6.61 Å². The summed E-state index contributed by atoms with van der Waals surface area (Å²) in [4.78, 5) is 15.2. The average Bonchev–Trinajstić information content (AvgIpc) is 2.51. The fourth-order valence-corrected chi connectivity index (χ4v) is 0.955. The van der Waals surface area contributed by atoms with Gasteiger partial charge in [0, 0.05) is 18.8 Å². The molecule has 0 aromatic carbocycles. The quantitative estimate of drug-likeness (QED) is 0.671. The number of ether oxygens (including phenoxy) is 1. The molecule has 1 rings (SSSR count). The van der Waals surface area contributed by atoms with Crippen molar-refractivity contribution in [3.63, 3.8) is 0 Å². The zero-order valence-electron chi connectivity index (χ0n) is 7.28. The van der Waals surface area contributed by atoms with E-state index in [9.17, 15) is 4.79 Å². The molecular formula is C8H12N2O2. The van der Waals surface area contributed by atoms with Crippen molar-refractivity contribution in [2.75, 3.05) is 6.61 Å². The Bertz CT molecular complexity index is 268. The number of carbonyl (C=O) groups is 1. The summed E-state index contributed by atoms with van der Waals surface area (Å²) in [5.41, 5.74) is 0. The molecule has 0 saturated carbocycles. The molecule has 0 N–H and O–H groups in total. The van der Waals surface area contributed by atoms with E-state index in [-0.39, 0.29) is 6.09 Å². The Morgan fingerprint density at radius 3 is 3.00 bits per heavy atom. The summed E-state index contributed by atoms with van der Waals surface area (Å²) < 4.78 is 6.23. The SMILES string of the molecule is CCOC(=O)n1ccnc1CC. The molecule has 0 aliphatic carbocycles. The summed E-state index contributed by atoms with van der Waals surface area (Å²) in [6.07, 6.45) is 3.57. The Hall–Kier alpha value is -1.32. The lowest BCUT2D eigenvalue weighted by Gasteiger charge is -2.03. The van der Waals surface area contributed by atoms with Crippen LogP contribution in [0.2, 0.25) is 0 Å². The van der Waals surface area contributed by atoms with Gasteiger partial charge in [0.2, 0.25) is 0 Å². The summed E-state index contributed by atoms with van der Waals surface area (Å²) in [5.74, 6) is 0.730. The van der Waals surface area contributed by atoms with Gasteiger partial charge in [0.15, 0.2) is 0 Å². The number of aryl methyl sites for hydroxylation is 1. The maximum absolute atomic E-state index is 11.2. The van der Waals surface area contributed by atoms with E-state index < -0.39 is 0 Å². The molecule has 0 aliphatic rings. The fourth-order valence-electron chi connectivity index (χ4n) is 0.955. The van der Waals surface area contributed by atoms with E-state index in [2.05, 4.69) is 4.98 Å². The van der Waals surface area contributed by atoms with Crippen LogP contribution < -0.4 is 0 Å². The van der Waals surface area contributed by atoms with Crippen LogP contribution in [0, 0.1) is 0 Å². The van der Waals surface area contributed by atoms with Crippen LogP contribution >= 0.6 is 0 Å². The molecule has 0 fully saturated rings. The molecule has 0 amide bonds. The summed E-state index contributed by atoms with van der Waals surface area (Å²) in [6.45, 7) is 4.11. The third kappa shape index (κ3) is 1.64. The lowest BCUT2D eigenvalue weighted by Crippen LogP contribution is -2.15. The lowest BCUT2D eigenvalue weighted by atomic mass is 10.5. The van der Waals surface area contributed by atoms with Gasteiger partial charge in [0.1, 0.15) is 5.82 Å². The molecule has 0 bridgehead atoms. The topological polar surface area (TPSA) is 44.1 Å². The number of rotatable bonds is 2. The predicted octanol–water partition coefficient (Wildman–Crippen LogP) is 1.45. The number of nitrogens with zero attached hydrogens (tertiary/aromatic N) is 2. The molecule has 0 atom stereocenters. The van der Waals surface area contributed by atoms with Crippen molar-refractivity contribution in [1.29, 1.82) is 0 Å². The Morgan fingerprint density at radius 1 is 1.67 bits per heavy atom. The normalized spacial score (nSPS) is 9.83. The van der Waals surface area contributed by atoms with E-state index >= 15 is 0 Å². The molecule has 1 aromatic rings. The van der Waals surface area contributed by atoms with Crippen LogP contribution in [0.15, 0.2) is 12.4 Å². The largest absolute Gasteiger partial charge is 0.449 e. The van der Waals surface area contributed by atoms with Gasteiger partial charge < -0.3 is 4.74 Å². The summed E-state index contributed by atoms with van der Waals surface area (Å²) >= 11 is 0. The minimum absolute atomic E-state index is 0.355. The highest BCUT2D eigenvalue weighted by Crippen LogP contribution is 1.99. The Kier molecular flexibility index (Phi) is 2.85. The second kappa shape index (κ2) is 3.90. The van der Waals surface area contributed by atoms with Crippen molar-refractivity contribution in [3.05, 3.63) is 18.2 Å². The Balaban J connectivity index is 2.79. The molecule has 0 spiro atoms. The van der Waals surface area contributed by atoms with E-state index in [0.717, 1.165) is 12.2 Å². The average molecular weight is 168 g/mol. The molecule has 4 heteroatoms. The van der Waals surface area contributed by atoms with Gasteiger partial charge in [-0.2, -0.15) is 0 Å². The van der Waals surface area contributed by atoms with Gasteiger partial charge in [-0.25, -0.2) is 14.3 Å². The molecule has 0 aliphatic heterocycles. The van der Waals surface area contributed by atoms with Crippen molar-refractivity contribution >= 4 is 6.09 Å². The van der Waals surface area contributed by atoms with Crippen LogP contribution in [0.25, 0.3) is 0 Å². The zero-order valence-corrected chi connectivity index (χ0v) is 7.28. The van der Waals surface area contributed by atoms with Crippen LogP contribution in [0.5, 0.6) is 0 Å². The smallest absolute Gasteiger partial charge is 0.419 e. The monoisotopic (exact) mass is 168 g/mol. The van der Waals surface area contributed by atoms with Gasteiger partial charge in [-0.05, 0) is 6.92 Å².